The van der Waals surface area contributed by atoms with Gasteiger partial charge in [0.05, 0.1) is 6.21 Å². The van der Waals surface area contributed by atoms with E-state index < -0.39 is 0 Å². The Morgan fingerprint density at radius 3 is 2.45 bits per heavy atom. The van der Waals surface area contributed by atoms with E-state index in [-0.39, 0.29) is 11.7 Å². The van der Waals surface area contributed by atoms with E-state index in [0.29, 0.717) is 21.2 Å². The third-order valence-electron chi connectivity index (χ3n) is 2.47. The van der Waals surface area contributed by atoms with Crippen LogP contribution in [0.5, 0.6) is 5.75 Å². The fourth-order valence-electron chi connectivity index (χ4n) is 1.46. The van der Waals surface area contributed by atoms with Gasteiger partial charge < -0.3 is 5.11 Å². The predicted molar refractivity (Wildman–Crippen MR) is 79.6 cm³/mol. The van der Waals surface area contributed by atoms with E-state index in [1.807, 2.05) is 0 Å². The van der Waals surface area contributed by atoms with Gasteiger partial charge in [-0.3, -0.25) is 4.79 Å². The highest BCUT2D eigenvalue weighted by atomic mass is 35.5. The zero-order chi connectivity index (χ0) is 14.5. The minimum atomic E-state index is -0.376. The molecule has 20 heavy (non-hydrogen) atoms. The average Bonchev–Trinajstić information content (AvgIpc) is 2.43. The molecule has 0 bridgehead atoms. The number of carbonyl (C=O) groups excluding carboxylic acids is 1. The lowest BCUT2D eigenvalue weighted by Gasteiger charge is -2.01. The minimum absolute atomic E-state index is 0.0268. The first-order valence-electron chi connectivity index (χ1n) is 5.64. The topological polar surface area (TPSA) is 61.7 Å². The number of benzene rings is 2. The summed E-state index contributed by atoms with van der Waals surface area (Å²) in [7, 11) is 0. The molecular formula is C14H10Cl2N2O2. The molecule has 0 heterocycles. The Bertz CT molecular complexity index is 655. The van der Waals surface area contributed by atoms with Crippen LogP contribution in [0.4, 0.5) is 0 Å². The summed E-state index contributed by atoms with van der Waals surface area (Å²) < 4.78 is 0. The van der Waals surface area contributed by atoms with E-state index in [4.69, 9.17) is 23.2 Å². The highest BCUT2D eigenvalue weighted by Crippen LogP contribution is 2.19. The second-order valence-corrected chi connectivity index (χ2v) is 4.78. The van der Waals surface area contributed by atoms with Crippen molar-refractivity contribution in [3.8, 4) is 5.75 Å². The van der Waals surface area contributed by atoms with Crippen LogP contribution in [0.3, 0.4) is 0 Å². The SMILES string of the molecule is O=C(N/N=C/c1cc(Cl)ccc1O)c1ccc(Cl)cc1. The first-order chi connectivity index (χ1) is 9.56. The molecule has 1 amide bonds. The number of hydrogen-bond donors (Lipinski definition) is 2. The van der Waals surface area contributed by atoms with Crippen LogP contribution in [-0.4, -0.2) is 17.2 Å². The van der Waals surface area contributed by atoms with Crippen molar-refractivity contribution in [2.24, 2.45) is 5.10 Å². The van der Waals surface area contributed by atoms with Crippen LogP contribution in [-0.2, 0) is 0 Å². The molecule has 0 aromatic heterocycles. The summed E-state index contributed by atoms with van der Waals surface area (Å²) in [6.45, 7) is 0. The fraction of sp³-hybridized carbons (Fsp3) is 0. The van der Waals surface area contributed by atoms with Crippen molar-refractivity contribution in [1.82, 2.24) is 5.43 Å². The van der Waals surface area contributed by atoms with Crippen LogP contribution in [0.25, 0.3) is 0 Å². The summed E-state index contributed by atoms with van der Waals surface area (Å²) in [5, 5.41) is 14.4. The molecule has 0 aliphatic heterocycles. The molecule has 2 aromatic rings. The van der Waals surface area contributed by atoms with Gasteiger partial charge in [0.25, 0.3) is 5.91 Å². The lowest BCUT2D eigenvalue weighted by Crippen LogP contribution is -2.17. The zero-order valence-electron chi connectivity index (χ0n) is 10.2. The van der Waals surface area contributed by atoms with Crippen LogP contribution in [0, 0.1) is 0 Å². The summed E-state index contributed by atoms with van der Waals surface area (Å²) >= 11 is 11.5. The van der Waals surface area contributed by atoms with Crippen molar-refractivity contribution in [3.05, 3.63) is 63.6 Å². The molecule has 6 heteroatoms. The van der Waals surface area contributed by atoms with Gasteiger partial charge in [-0.15, -0.1) is 0 Å². The number of amides is 1. The summed E-state index contributed by atoms with van der Waals surface area (Å²) in [6.07, 6.45) is 1.31. The predicted octanol–water partition coefficient (Wildman–Crippen LogP) is 3.46. The molecule has 4 nitrogen and oxygen atoms in total. The Morgan fingerprint density at radius 2 is 1.75 bits per heavy atom. The molecule has 0 atom stereocenters. The number of hydrazone groups is 1. The summed E-state index contributed by atoms with van der Waals surface area (Å²) in [5.74, 6) is -0.349. The Hall–Kier alpha value is -2.04. The van der Waals surface area contributed by atoms with Crippen molar-refractivity contribution in [2.45, 2.75) is 0 Å². The molecule has 102 valence electrons. The molecule has 0 fully saturated rings. The number of rotatable bonds is 3. The Kier molecular flexibility index (Phi) is 4.61. The fourth-order valence-corrected chi connectivity index (χ4v) is 1.76. The Balaban J connectivity index is 2.04. The number of hydrogen-bond acceptors (Lipinski definition) is 3. The van der Waals surface area contributed by atoms with E-state index in [9.17, 15) is 9.90 Å². The molecule has 2 rings (SSSR count). The zero-order valence-corrected chi connectivity index (χ0v) is 11.7. The summed E-state index contributed by atoms with van der Waals surface area (Å²) in [4.78, 5) is 11.7. The Morgan fingerprint density at radius 1 is 1.10 bits per heavy atom. The van der Waals surface area contributed by atoms with Crippen LogP contribution < -0.4 is 5.43 Å². The van der Waals surface area contributed by atoms with E-state index in [0.717, 1.165) is 0 Å². The molecular weight excluding hydrogens is 299 g/mol. The van der Waals surface area contributed by atoms with Crippen molar-refractivity contribution >= 4 is 35.3 Å². The maximum atomic E-state index is 11.7. The molecule has 0 spiro atoms. The number of nitrogens with zero attached hydrogens (tertiary/aromatic N) is 1. The molecule has 2 N–H and O–H groups in total. The molecule has 0 radical (unpaired) electrons. The molecule has 0 saturated heterocycles. The summed E-state index contributed by atoms with van der Waals surface area (Å²) in [6, 6.07) is 10.9. The van der Waals surface area contributed by atoms with Gasteiger partial charge in [0, 0.05) is 21.2 Å². The van der Waals surface area contributed by atoms with Crippen molar-refractivity contribution in [1.29, 1.82) is 0 Å². The van der Waals surface area contributed by atoms with Crippen molar-refractivity contribution < 1.29 is 9.90 Å². The number of aromatic hydroxyl groups is 1. The van der Waals surface area contributed by atoms with E-state index in [1.165, 1.54) is 18.3 Å². The maximum absolute atomic E-state index is 11.7. The van der Waals surface area contributed by atoms with E-state index in [1.54, 1.807) is 30.3 Å². The highest BCUT2D eigenvalue weighted by Gasteiger charge is 2.03. The van der Waals surface area contributed by atoms with Gasteiger partial charge >= 0.3 is 0 Å². The first kappa shape index (κ1) is 14.4. The second-order valence-electron chi connectivity index (χ2n) is 3.91. The number of nitrogens with one attached hydrogen (secondary N) is 1. The molecule has 2 aromatic carbocycles. The van der Waals surface area contributed by atoms with Crippen molar-refractivity contribution in [3.63, 3.8) is 0 Å². The van der Waals surface area contributed by atoms with Crippen LogP contribution >= 0.6 is 23.2 Å². The Labute approximate surface area is 125 Å². The minimum Gasteiger partial charge on any atom is -0.507 e. The van der Waals surface area contributed by atoms with E-state index in [2.05, 4.69) is 10.5 Å². The quantitative estimate of drug-likeness (QED) is 0.674. The normalized spacial score (nSPS) is 10.7. The van der Waals surface area contributed by atoms with Gasteiger partial charge in [-0.05, 0) is 42.5 Å². The van der Waals surface area contributed by atoms with E-state index >= 15 is 0 Å². The largest absolute Gasteiger partial charge is 0.507 e. The second kappa shape index (κ2) is 6.41. The van der Waals surface area contributed by atoms with Gasteiger partial charge in [0.1, 0.15) is 5.75 Å². The molecule has 0 unspecified atom stereocenters. The van der Waals surface area contributed by atoms with Crippen LogP contribution in [0.1, 0.15) is 15.9 Å². The standard InChI is InChI=1S/C14H10Cl2N2O2/c15-11-3-1-9(2-4-11)14(20)18-17-8-10-7-12(16)5-6-13(10)19/h1-8,19H,(H,18,20)/b17-8+. The molecule has 0 aliphatic rings. The average molecular weight is 309 g/mol. The molecule has 0 saturated carbocycles. The smallest absolute Gasteiger partial charge is 0.271 e. The lowest BCUT2D eigenvalue weighted by atomic mass is 10.2. The third-order valence-corrected chi connectivity index (χ3v) is 2.95. The van der Waals surface area contributed by atoms with Gasteiger partial charge in [-0.1, -0.05) is 23.2 Å². The number of halogens is 2. The van der Waals surface area contributed by atoms with Crippen LogP contribution in [0.15, 0.2) is 47.6 Å². The monoisotopic (exact) mass is 308 g/mol. The lowest BCUT2D eigenvalue weighted by molar-refractivity contribution is 0.0955. The molecule has 0 aliphatic carbocycles. The van der Waals surface area contributed by atoms with Gasteiger partial charge in [0.15, 0.2) is 0 Å². The number of phenols is 1. The van der Waals surface area contributed by atoms with Gasteiger partial charge in [-0.2, -0.15) is 5.10 Å². The number of phenolic OH excluding ortho intramolecular Hbond substituents is 1. The first-order valence-corrected chi connectivity index (χ1v) is 6.39. The van der Waals surface area contributed by atoms with Gasteiger partial charge in [-0.25, -0.2) is 5.43 Å². The van der Waals surface area contributed by atoms with Gasteiger partial charge in [0.2, 0.25) is 0 Å². The third kappa shape index (κ3) is 3.73. The summed E-state index contributed by atoms with van der Waals surface area (Å²) in [5.41, 5.74) is 3.19. The maximum Gasteiger partial charge on any atom is 0.271 e. The van der Waals surface area contributed by atoms with Crippen LogP contribution in [0.2, 0.25) is 10.0 Å². The number of carbonyl (C=O) groups is 1. The highest BCUT2D eigenvalue weighted by molar-refractivity contribution is 6.31. The van der Waals surface area contributed by atoms with Crippen molar-refractivity contribution in [2.75, 3.05) is 0 Å².